The van der Waals surface area contributed by atoms with Crippen LogP contribution in [-0.4, -0.2) is 60.4 Å². The first-order valence-electron chi connectivity index (χ1n) is 8.31. The molecular weight excluding hydrogens is 302 g/mol. The molecule has 3 aliphatic rings. The van der Waals surface area contributed by atoms with Crippen LogP contribution < -0.4 is 5.32 Å². The van der Waals surface area contributed by atoms with Gasteiger partial charge in [0.05, 0.1) is 0 Å². The number of piperidine rings is 1. The van der Waals surface area contributed by atoms with Crippen LogP contribution >= 0.6 is 12.4 Å². The highest BCUT2D eigenvalue weighted by Crippen LogP contribution is 2.33. The van der Waals surface area contributed by atoms with E-state index in [-0.39, 0.29) is 30.3 Å². The lowest BCUT2D eigenvalue weighted by Gasteiger charge is -2.31. The molecule has 6 heteroatoms. The van der Waals surface area contributed by atoms with E-state index in [4.69, 9.17) is 0 Å². The molecular formula is C16H28ClN3O2. The van der Waals surface area contributed by atoms with E-state index in [1.807, 2.05) is 4.90 Å². The van der Waals surface area contributed by atoms with Gasteiger partial charge in [-0.1, -0.05) is 0 Å². The Balaban J connectivity index is 0.00000176. The summed E-state index contributed by atoms with van der Waals surface area (Å²) in [6, 6.07) is 1.03. The van der Waals surface area contributed by atoms with Gasteiger partial charge in [-0.3, -0.25) is 9.59 Å². The van der Waals surface area contributed by atoms with Gasteiger partial charge in [-0.15, -0.1) is 12.4 Å². The lowest BCUT2D eigenvalue weighted by atomic mass is 9.89. The van der Waals surface area contributed by atoms with Crippen LogP contribution in [0.4, 0.5) is 0 Å². The van der Waals surface area contributed by atoms with Gasteiger partial charge in [0.25, 0.3) is 0 Å². The number of likely N-dealkylation sites (tertiary alicyclic amines) is 1. The van der Waals surface area contributed by atoms with Gasteiger partial charge >= 0.3 is 0 Å². The van der Waals surface area contributed by atoms with E-state index in [0.717, 1.165) is 32.2 Å². The Bertz CT molecular complexity index is 418. The second kappa shape index (κ2) is 7.18. The summed E-state index contributed by atoms with van der Waals surface area (Å²) >= 11 is 0. The summed E-state index contributed by atoms with van der Waals surface area (Å²) in [7, 11) is 3.54. The van der Waals surface area contributed by atoms with Crippen molar-refractivity contribution in [1.82, 2.24) is 15.1 Å². The van der Waals surface area contributed by atoms with E-state index in [0.29, 0.717) is 24.4 Å². The number of hydrogen-bond acceptors (Lipinski definition) is 3. The number of hydrogen-bond donors (Lipinski definition) is 1. The minimum absolute atomic E-state index is 0. The second-order valence-electron chi connectivity index (χ2n) is 7.16. The van der Waals surface area contributed by atoms with Gasteiger partial charge in [0, 0.05) is 39.1 Å². The van der Waals surface area contributed by atoms with Crippen LogP contribution in [0.2, 0.25) is 0 Å². The summed E-state index contributed by atoms with van der Waals surface area (Å²) in [5.74, 6) is 0.775. The lowest BCUT2D eigenvalue weighted by Crippen LogP contribution is -2.46. The fraction of sp³-hybridized carbons (Fsp3) is 0.875. The maximum atomic E-state index is 12.6. The second-order valence-corrected chi connectivity index (χ2v) is 7.16. The van der Waals surface area contributed by atoms with Crippen molar-refractivity contribution < 1.29 is 9.59 Å². The van der Waals surface area contributed by atoms with E-state index >= 15 is 0 Å². The quantitative estimate of drug-likeness (QED) is 0.851. The first kappa shape index (κ1) is 17.5. The van der Waals surface area contributed by atoms with Crippen LogP contribution in [0.25, 0.3) is 0 Å². The van der Waals surface area contributed by atoms with Crippen LogP contribution in [0.3, 0.4) is 0 Å². The highest BCUT2D eigenvalue weighted by molar-refractivity contribution is 5.88. The monoisotopic (exact) mass is 329 g/mol. The molecule has 3 saturated heterocycles. The minimum atomic E-state index is -0.217. The van der Waals surface area contributed by atoms with Gasteiger partial charge in [-0.25, -0.2) is 0 Å². The Hall–Kier alpha value is -0.810. The molecule has 1 N–H and O–H groups in total. The molecule has 0 aromatic heterocycles. The number of carbonyl (C=O) groups excluding carboxylic acids is 2. The molecule has 0 aromatic carbocycles. The Kier molecular flexibility index (Phi) is 5.72. The fourth-order valence-corrected chi connectivity index (χ4v) is 4.33. The van der Waals surface area contributed by atoms with Gasteiger partial charge in [0.1, 0.15) is 6.04 Å². The van der Waals surface area contributed by atoms with Crippen molar-refractivity contribution in [3.63, 3.8) is 0 Å². The number of nitrogens with zero attached hydrogens (tertiary/aromatic N) is 2. The smallest absolute Gasteiger partial charge is 0.244 e. The van der Waals surface area contributed by atoms with Crippen LogP contribution in [-0.2, 0) is 9.59 Å². The number of rotatable bonds is 3. The molecule has 3 atom stereocenters. The summed E-state index contributed by atoms with van der Waals surface area (Å²) < 4.78 is 0. The SMILES string of the molecule is CN(C)C(=O)C1CCCN1C(=O)CC1CC2CCC(C1)N2.Cl. The maximum Gasteiger partial charge on any atom is 0.244 e. The van der Waals surface area contributed by atoms with Crippen molar-refractivity contribution >= 4 is 24.2 Å². The van der Waals surface area contributed by atoms with Crippen molar-refractivity contribution in [3.05, 3.63) is 0 Å². The fourth-order valence-electron chi connectivity index (χ4n) is 4.33. The van der Waals surface area contributed by atoms with Crippen molar-refractivity contribution in [1.29, 1.82) is 0 Å². The van der Waals surface area contributed by atoms with Crippen LogP contribution in [0.1, 0.15) is 44.9 Å². The predicted molar refractivity (Wildman–Crippen MR) is 88.0 cm³/mol. The van der Waals surface area contributed by atoms with Gasteiger partial charge in [0.15, 0.2) is 0 Å². The lowest BCUT2D eigenvalue weighted by molar-refractivity contribution is -0.143. The molecule has 3 unspecified atom stereocenters. The van der Waals surface area contributed by atoms with E-state index < -0.39 is 0 Å². The number of carbonyl (C=O) groups is 2. The highest BCUT2D eigenvalue weighted by atomic mass is 35.5. The molecule has 3 heterocycles. The summed E-state index contributed by atoms with van der Waals surface area (Å²) in [5.41, 5.74) is 0. The first-order valence-corrected chi connectivity index (χ1v) is 8.31. The Labute approximate surface area is 139 Å². The highest BCUT2D eigenvalue weighted by Gasteiger charge is 2.38. The van der Waals surface area contributed by atoms with Crippen molar-refractivity contribution in [2.45, 2.75) is 63.1 Å². The van der Waals surface area contributed by atoms with Crippen LogP contribution in [0.15, 0.2) is 0 Å². The zero-order chi connectivity index (χ0) is 15.0. The van der Waals surface area contributed by atoms with Crippen LogP contribution in [0.5, 0.6) is 0 Å². The van der Waals surface area contributed by atoms with Gasteiger partial charge in [-0.05, 0) is 44.4 Å². The topological polar surface area (TPSA) is 52.7 Å². The minimum Gasteiger partial charge on any atom is -0.347 e. The number of nitrogens with one attached hydrogen (secondary N) is 1. The molecule has 22 heavy (non-hydrogen) atoms. The number of amides is 2. The Morgan fingerprint density at radius 2 is 1.77 bits per heavy atom. The summed E-state index contributed by atoms with van der Waals surface area (Å²) in [6.07, 6.45) is 7.19. The van der Waals surface area contributed by atoms with Crippen molar-refractivity contribution in [3.8, 4) is 0 Å². The molecule has 5 nitrogen and oxygen atoms in total. The predicted octanol–water partition coefficient (Wildman–Crippen LogP) is 1.41. The van der Waals surface area contributed by atoms with Gasteiger partial charge in [-0.2, -0.15) is 0 Å². The molecule has 3 rings (SSSR count). The summed E-state index contributed by atoms with van der Waals surface area (Å²) in [6.45, 7) is 0.751. The largest absolute Gasteiger partial charge is 0.347 e. The molecule has 3 fully saturated rings. The van der Waals surface area contributed by atoms with Gasteiger partial charge < -0.3 is 15.1 Å². The average Bonchev–Trinajstić information content (AvgIpc) is 3.04. The molecule has 3 aliphatic heterocycles. The van der Waals surface area contributed by atoms with Crippen molar-refractivity contribution in [2.75, 3.05) is 20.6 Å². The normalized spacial score (nSPS) is 33.5. The molecule has 2 amide bonds. The van der Waals surface area contributed by atoms with E-state index in [1.54, 1.807) is 19.0 Å². The Morgan fingerprint density at radius 3 is 2.36 bits per heavy atom. The third kappa shape index (κ3) is 3.57. The van der Waals surface area contributed by atoms with E-state index in [1.165, 1.54) is 12.8 Å². The number of fused-ring (bicyclic) bond motifs is 2. The molecule has 0 aromatic rings. The maximum absolute atomic E-state index is 12.6. The average molecular weight is 330 g/mol. The molecule has 126 valence electrons. The molecule has 0 radical (unpaired) electrons. The zero-order valence-corrected chi connectivity index (χ0v) is 14.4. The molecule has 2 bridgehead atoms. The summed E-state index contributed by atoms with van der Waals surface area (Å²) in [4.78, 5) is 28.3. The Morgan fingerprint density at radius 1 is 1.14 bits per heavy atom. The number of likely N-dealkylation sites (N-methyl/N-ethyl adjacent to an activating group) is 1. The van der Waals surface area contributed by atoms with E-state index in [2.05, 4.69) is 5.32 Å². The molecule has 0 spiro atoms. The third-order valence-corrected chi connectivity index (χ3v) is 5.33. The molecule has 0 aliphatic carbocycles. The zero-order valence-electron chi connectivity index (χ0n) is 13.6. The third-order valence-electron chi connectivity index (χ3n) is 5.33. The first-order chi connectivity index (χ1) is 10.0. The van der Waals surface area contributed by atoms with E-state index in [9.17, 15) is 9.59 Å². The van der Waals surface area contributed by atoms with Crippen molar-refractivity contribution in [2.24, 2.45) is 5.92 Å². The van der Waals surface area contributed by atoms with Gasteiger partial charge in [0.2, 0.25) is 11.8 Å². The van der Waals surface area contributed by atoms with Crippen LogP contribution in [0, 0.1) is 5.92 Å². The summed E-state index contributed by atoms with van der Waals surface area (Å²) in [5, 5.41) is 3.62. The number of halogens is 1. The standard InChI is InChI=1S/C16H27N3O2.ClH/c1-18(2)16(21)14-4-3-7-19(14)15(20)10-11-8-12-5-6-13(9-11)17-12;/h11-14,17H,3-10H2,1-2H3;1H. The molecule has 0 saturated carbocycles.